The van der Waals surface area contributed by atoms with E-state index < -0.39 is 0 Å². The first kappa shape index (κ1) is 18.2. The first-order valence-corrected chi connectivity index (χ1v) is 9.97. The molecule has 0 bridgehead atoms. The van der Waals surface area contributed by atoms with E-state index in [1.807, 2.05) is 84.4 Å². The van der Waals surface area contributed by atoms with Crippen LogP contribution < -0.4 is 0 Å². The molecule has 4 rings (SSSR count). The van der Waals surface area contributed by atoms with Crippen LogP contribution in [0.1, 0.15) is 10.4 Å². The van der Waals surface area contributed by atoms with Crippen molar-refractivity contribution in [1.29, 1.82) is 0 Å². The molecule has 0 fully saturated rings. The maximum Gasteiger partial charge on any atom is 0.191 e. The summed E-state index contributed by atoms with van der Waals surface area (Å²) >= 11 is 1.41. The summed E-state index contributed by atoms with van der Waals surface area (Å²) in [5.74, 6) is 1.20. The third-order valence-corrected chi connectivity index (χ3v) is 5.53. The molecule has 1 heterocycles. The first-order chi connectivity index (χ1) is 13.7. The normalized spacial score (nSPS) is 10.8. The zero-order valence-electron chi connectivity index (χ0n) is 15.4. The van der Waals surface area contributed by atoms with Gasteiger partial charge in [0.2, 0.25) is 0 Å². The van der Waals surface area contributed by atoms with E-state index in [0.717, 1.165) is 27.7 Å². The minimum atomic E-state index is 0.0777. The van der Waals surface area contributed by atoms with Crippen LogP contribution in [0.25, 0.3) is 22.5 Å². The van der Waals surface area contributed by atoms with Gasteiger partial charge in [0.25, 0.3) is 0 Å². The predicted octanol–water partition coefficient (Wildman–Crippen LogP) is 5.12. The van der Waals surface area contributed by atoms with Crippen LogP contribution in [0, 0.1) is 0 Å². The fourth-order valence-electron chi connectivity index (χ4n) is 2.97. The Morgan fingerprint density at radius 3 is 2.00 bits per heavy atom. The molecule has 0 amide bonds. The summed E-state index contributed by atoms with van der Waals surface area (Å²) in [6, 6.07) is 27.8. The number of hydrogen-bond acceptors (Lipinski definition) is 4. The molecule has 0 atom stereocenters. The summed E-state index contributed by atoms with van der Waals surface area (Å²) in [6.07, 6.45) is 0. The molecule has 28 heavy (non-hydrogen) atoms. The van der Waals surface area contributed by atoms with Gasteiger partial charge in [-0.25, -0.2) is 0 Å². The molecular weight excluding hydrogens is 366 g/mol. The van der Waals surface area contributed by atoms with Gasteiger partial charge in [-0.3, -0.25) is 4.79 Å². The van der Waals surface area contributed by atoms with Crippen molar-refractivity contribution >= 4 is 17.5 Å². The van der Waals surface area contributed by atoms with E-state index in [1.165, 1.54) is 11.8 Å². The highest BCUT2D eigenvalue weighted by molar-refractivity contribution is 7.99. The fraction of sp³-hybridized carbons (Fsp3) is 0.0870. The number of Topliss-reactive ketones (excluding diaryl/α,β-unsaturated/α-hetero) is 1. The highest BCUT2D eigenvalue weighted by atomic mass is 32.2. The van der Waals surface area contributed by atoms with E-state index in [2.05, 4.69) is 22.3 Å². The van der Waals surface area contributed by atoms with Gasteiger partial charge in [-0.1, -0.05) is 96.7 Å². The first-order valence-electron chi connectivity index (χ1n) is 8.98. The number of ketones is 1. The van der Waals surface area contributed by atoms with E-state index in [0.29, 0.717) is 11.3 Å². The number of carbonyl (C=O) groups excluding carboxylic acids is 1. The quantitative estimate of drug-likeness (QED) is 0.341. The predicted molar refractivity (Wildman–Crippen MR) is 113 cm³/mol. The lowest BCUT2D eigenvalue weighted by Gasteiger charge is -2.05. The number of rotatable bonds is 6. The van der Waals surface area contributed by atoms with Crippen LogP contribution in [0.5, 0.6) is 0 Å². The molecule has 1 aromatic heterocycles. The number of benzene rings is 3. The van der Waals surface area contributed by atoms with Crippen molar-refractivity contribution in [3.8, 4) is 22.5 Å². The zero-order valence-corrected chi connectivity index (χ0v) is 16.3. The molecule has 0 aliphatic heterocycles. The van der Waals surface area contributed by atoms with Gasteiger partial charge in [0.05, 0.1) is 5.75 Å². The molecule has 138 valence electrons. The average molecular weight is 385 g/mol. The van der Waals surface area contributed by atoms with Crippen LogP contribution >= 0.6 is 11.8 Å². The Labute approximate surface area is 168 Å². The van der Waals surface area contributed by atoms with Crippen molar-refractivity contribution in [2.24, 2.45) is 7.05 Å². The van der Waals surface area contributed by atoms with Gasteiger partial charge in [-0.15, -0.1) is 10.2 Å². The van der Waals surface area contributed by atoms with E-state index >= 15 is 0 Å². The molecule has 0 radical (unpaired) electrons. The third kappa shape index (κ3) is 3.89. The third-order valence-electron chi connectivity index (χ3n) is 4.51. The number of carbonyl (C=O) groups is 1. The molecule has 0 saturated carbocycles. The number of thioether (sulfide) groups is 1. The Balaban J connectivity index is 1.43. The fourth-order valence-corrected chi connectivity index (χ4v) is 3.78. The lowest BCUT2D eigenvalue weighted by molar-refractivity contribution is 0.102. The summed E-state index contributed by atoms with van der Waals surface area (Å²) in [4.78, 5) is 12.6. The van der Waals surface area contributed by atoms with Gasteiger partial charge in [0, 0.05) is 18.2 Å². The lowest BCUT2D eigenvalue weighted by Crippen LogP contribution is -2.04. The van der Waals surface area contributed by atoms with Crippen molar-refractivity contribution in [2.45, 2.75) is 5.16 Å². The van der Waals surface area contributed by atoms with Gasteiger partial charge in [-0.2, -0.15) is 0 Å². The highest BCUT2D eigenvalue weighted by Crippen LogP contribution is 2.24. The van der Waals surface area contributed by atoms with Crippen LogP contribution in [0.3, 0.4) is 0 Å². The molecular formula is C23H19N3OS. The van der Waals surface area contributed by atoms with Gasteiger partial charge in [0.1, 0.15) is 0 Å². The topological polar surface area (TPSA) is 47.8 Å². The standard InChI is InChI=1S/C23H19N3OS/c1-26-22(20-10-6-3-7-11-20)24-25-23(26)28-16-21(27)19-14-12-18(13-15-19)17-8-4-2-5-9-17/h2-15H,16H2,1H3. The molecule has 4 aromatic rings. The number of nitrogens with zero attached hydrogens (tertiary/aromatic N) is 3. The second-order valence-corrected chi connectivity index (χ2v) is 7.33. The van der Waals surface area contributed by atoms with Crippen molar-refractivity contribution < 1.29 is 4.79 Å². The molecule has 5 heteroatoms. The summed E-state index contributed by atoms with van der Waals surface area (Å²) in [5.41, 5.74) is 3.96. The molecule has 0 aliphatic rings. The zero-order chi connectivity index (χ0) is 19.3. The Hall–Kier alpha value is -3.18. The van der Waals surface area contributed by atoms with Crippen molar-refractivity contribution in [3.05, 3.63) is 90.5 Å². The maximum atomic E-state index is 12.6. The molecule has 0 N–H and O–H groups in total. The van der Waals surface area contributed by atoms with Crippen molar-refractivity contribution in [1.82, 2.24) is 14.8 Å². The van der Waals surface area contributed by atoms with E-state index in [-0.39, 0.29) is 5.78 Å². The van der Waals surface area contributed by atoms with Gasteiger partial charge >= 0.3 is 0 Å². The second-order valence-electron chi connectivity index (χ2n) is 6.39. The van der Waals surface area contributed by atoms with Gasteiger partial charge < -0.3 is 4.57 Å². The molecule has 4 nitrogen and oxygen atoms in total. The van der Waals surface area contributed by atoms with Crippen LogP contribution in [0.2, 0.25) is 0 Å². The van der Waals surface area contributed by atoms with E-state index in [1.54, 1.807) is 0 Å². The Kier molecular flexibility index (Phi) is 5.35. The van der Waals surface area contributed by atoms with Crippen molar-refractivity contribution in [3.63, 3.8) is 0 Å². The Morgan fingerprint density at radius 2 is 1.36 bits per heavy atom. The summed E-state index contributed by atoms with van der Waals surface area (Å²) < 4.78 is 1.92. The van der Waals surface area contributed by atoms with Gasteiger partial charge in [-0.05, 0) is 11.1 Å². The summed E-state index contributed by atoms with van der Waals surface area (Å²) in [5, 5.41) is 9.23. The molecule has 0 aliphatic carbocycles. The number of hydrogen-bond donors (Lipinski definition) is 0. The molecule has 3 aromatic carbocycles. The Bertz CT molecular complexity index is 1070. The minimum absolute atomic E-state index is 0.0777. The Morgan fingerprint density at radius 1 is 0.786 bits per heavy atom. The number of aromatic nitrogens is 3. The van der Waals surface area contributed by atoms with Crippen LogP contribution in [-0.2, 0) is 7.05 Å². The SMILES string of the molecule is Cn1c(SCC(=O)c2ccc(-c3ccccc3)cc2)nnc1-c1ccccc1. The molecule has 0 saturated heterocycles. The average Bonchev–Trinajstić information content (AvgIpc) is 3.13. The molecule has 0 spiro atoms. The van der Waals surface area contributed by atoms with E-state index in [4.69, 9.17) is 0 Å². The van der Waals surface area contributed by atoms with Crippen LogP contribution in [-0.4, -0.2) is 26.3 Å². The van der Waals surface area contributed by atoms with E-state index in [9.17, 15) is 4.79 Å². The second kappa shape index (κ2) is 8.23. The van der Waals surface area contributed by atoms with Gasteiger partial charge in [0.15, 0.2) is 16.8 Å². The largest absolute Gasteiger partial charge is 0.305 e. The van der Waals surface area contributed by atoms with Crippen LogP contribution in [0.15, 0.2) is 90.1 Å². The summed E-state index contributed by atoms with van der Waals surface area (Å²) in [7, 11) is 1.92. The van der Waals surface area contributed by atoms with Crippen molar-refractivity contribution in [2.75, 3.05) is 5.75 Å². The minimum Gasteiger partial charge on any atom is -0.305 e. The monoisotopic (exact) mass is 385 g/mol. The van der Waals surface area contributed by atoms with Crippen LogP contribution in [0.4, 0.5) is 0 Å². The smallest absolute Gasteiger partial charge is 0.191 e. The lowest BCUT2D eigenvalue weighted by atomic mass is 10.0. The highest BCUT2D eigenvalue weighted by Gasteiger charge is 2.13. The maximum absolute atomic E-state index is 12.6. The summed E-state index contributed by atoms with van der Waals surface area (Å²) in [6.45, 7) is 0. The molecule has 0 unspecified atom stereocenters.